The van der Waals surface area contributed by atoms with Crippen molar-refractivity contribution in [1.82, 2.24) is 0 Å². The second-order valence-corrected chi connectivity index (χ2v) is 6.00. The molecule has 0 aliphatic heterocycles. The Balaban J connectivity index is 2.14. The highest BCUT2D eigenvalue weighted by molar-refractivity contribution is 14.1. The van der Waals surface area contributed by atoms with Gasteiger partial charge in [-0.1, -0.05) is 48.5 Å². The Kier molecular flexibility index (Phi) is 2.89. The van der Waals surface area contributed by atoms with Crippen LogP contribution in [-0.2, 0) is 0 Å². The van der Waals surface area contributed by atoms with Crippen molar-refractivity contribution >= 4 is 44.5 Å². The third-order valence-corrected chi connectivity index (χ3v) is 4.76. The number of para-hydroxylation sites is 1. The average molecular weight is 386 g/mol. The number of furan rings is 1. The molecule has 0 atom stereocenters. The van der Waals surface area contributed by atoms with Gasteiger partial charge in [0, 0.05) is 16.3 Å². The van der Waals surface area contributed by atoms with Crippen LogP contribution in [0.25, 0.3) is 33.1 Å². The van der Waals surface area contributed by atoms with Crippen LogP contribution in [0, 0.1) is 3.57 Å². The number of phenolic OH excluding ortho intramolecular Hbond substituents is 1. The molecule has 3 heteroatoms. The van der Waals surface area contributed by atoms with E-state index in [1.165, 1.54) is 0 Å². The predicted octanol–water partition coefficient (Wildman–Crippen LogP) is 5.56. The number of fused-ring (bicyclic) bond motifs is 3. The first kappa shape index (κ1) is 12.7. The molecule has 0 fully saturated rings. The van der Waals surface area contributed by atoms with E-state index >= 15 is 0 Å². The maximum absolute atomic E-state index is 9.93. The van der Waals surface area contributed by atoms with E-state index < -0.39 is 0 Å². The number of halogens is 1. The second-order valence-electron chi connectivity index (χ2n) is 4.92. The summed E-state index contributed by atoms with van der Waals surface area (Å²) in [5.74, 6) is 0.288. The summed E-state index contributed by atoms with van der Waals surface area (Å²) in [5, 5.41) is 11.9. The summed E-state index contributed by atoms with van der Waals surface area (Å²) in [6, 6.07) is 19.8. The molecule has 1 heterocycles. The number of rotatable bonds is 1. The fourth-order valence-corrected chi connectivity index (χ4v) is 3.42. The zero-order chi connectivity index (χ0) is 14.4. The molecule has 102 valence electrons. The van der Waals surface area contributed by atoms with Crippen LogP contribution in [0.15, 0.2) is 65.1 Å². The molecule has 4 aromatic rings. The van der Waals surface area contributed by atoms with Crippen LogP contribution < -0.4 is 0 Å². The van der Waals surface area contributed by atoms with E-state index in [1.54, 1.807) is 6.07 Å². The summed E-state index contributed by atoms with van der Waals surface area (Å²) in [7, 11) is 0. The molecule has 0 saturated heterocycles. The van der Waals surface area contributed by atoms with Crippen LogP contribution >= 0.6 is 22.6 Å². The van der Waals surface area contributed by atoms with E-state index in [0.29, 0.717) is 0 Å². The van der Waals surface area contributed by atoms with Crippen LogP contribution in [0.4, 0.5) is 0 Å². The van der Waals surface area contributed by atoms with Gasteiger partial charge in [-0.05, 0) is 40.3 Å². The minimum Gasteiger partial charge on any atom is -0.507 e. The highest BCUT2D eigenvalue weighted by Crippen LogP contribution is 2.39. The molecule has 0 amide bonds. The zero-order valence-corrected chi connectivity index (χ0v) is 13.2. The quantitative estimate of drug-likeness (QED) is 0.435. The van der Waals surface area contributed by atoms with Crippen LogP contribution in [0.1, 0.15) is 0 Å². The first-order valence-corrected chi connectivity index (χ1v) is 7.71. The van der Waals surface area contributed by atoms with Crippen molar-refractivity contribution in [2.75, 3.05) is 0 Å². The Bertz CT molecular complexity index is 955. The third kappa shape index (κ3) is 1.92. The fourth-order valence-electron chi connectivity index (χ4n) is 2.68. The van der Waals surface area contributed by atoms with Gasteiger partial charge in [-0.3, -0.25) is 0 Å². The predicted molar refractivity (Wildman–Crippen MR) is 93.5 cm³/mol. The van der Waals surface area contributed by atoms with Gasteiger partial charge >= 0.3 is 0 Å². The highest BCUT2D eigenvalue weighted by atomic mass is 127. The normalized spacial score (nSPS) is 11.3. The van der Waals surface area contributed by atoms with Gasteiger partial charge in [-0.25, -0.2) is 0 Å². The second kappa shape index (κ2) is 4.77. The number of phenols is 1. The van der Waals surface area contributed by atoms with Crippen LogP contribution in [0.3, 0.4) is 0 Å². The Morgan fingerprint density at radius 2 is 1.67 bits per heavy atom. The maximum atomic E-state index is 9.93. The molecule has 4 rings (SSSR count). The van der Waals surface area contributed by atoms with Crippen molar-refractivity contribution in [1.29, 1.82) is 0 Å². The summed E-state index contributed by atoms with van der Waals surface area (Å²) >= 11 is 2.16. The molecule has 0 saturated carbocycles. The van der Waals surface area contributed by atoms with E-state index in [0.717, 1.165) is 36.6 Å². The first-order chi connectivity index (χ1) is 10.3. The highest BCUT2D eigenvalue weighted by Gasteiger charge is 2.15. The molecule has 0 aliphatic rings. The molecule has 3 aromatic carbocycles. The standard InChI is InChI=1S/C18H11IO2/c19-17-14(20)9-10-15-16(17)13-8-4-7-12(18(13)21-15)11-5-2-1-3-6-11/h1-10,20H. The Morgan fingerprint density at radius 1 is 0.857 bits per heavy atom. The largest absolute Gasteiger partial charge is 0.507 e. The molecular formula is C18H11IO2. The molecule has 0 spiro atoms. The monoisotopic (exact) mass is 386 g/mol. The summed E-state index contributed by atoms with van der Waals surface area (Å²) in [4.78, 5) is 0. The van der Waals surface area contributed by atoms with E-state index in [9.17, 15) is 5.11 Å². The lowest BCUT2D eigenvalue weighted by molar-refractivity contribution is 0.472. The van der Waals surface area contributed by atoms with Crippen molar-refractivity contribution in [3.05, 3.63) is 64.2 Å². The summed E-state index contributed by atoms with van der Waals surface area (Å²) in [6.45, 7) is 0. The number of hydrogen-bond donors (Lipinski definition) is 1. The van der Waals surface area contributed by atoms with Crippen molar-refractivity contribution in [3.8, 4) is 16.9 Å². The topological polar surface area (TPSA) is 33.4 Å². The van der Waals surface area contributed by atoms with E-state index in [1.807, 2.05) is 36.4 Å². The van der Waals surface area contributed by atoms with Gasteiger partial charge in [0.1, 0.15) is 16.9 Å². The Labute approximate surface area is 135 Å². The lowest BCUT2D eigenvalue weighted by Crippen LogP contribution is -1.78. The minimum absolute atomic E-state index is 0.288. The van der Waals surface area contributed by atoms with Gasteiger partial charge in [0.15, 0.2) is 0 Å². The maximum Gasteiger partial charge on any atom is 0.143 e. The van der Waals surface area contributed by atoms with Crippen molar-refractivity contribution < 1.29 is 9.52 Å². The van der Waals surface area contributed by atoms with Crippen LogP contribution in [-0.4, -0.2) is 5.11 Å². The lowest BCUT2D eigenvalue weighted by Gasteiger charge is -2.02. The summed E-state index contributed by atoms with van der Waals surface area (Å²) < 4.78 is 6.89. The molecule has 2 nitrogen and oxygen atoms in total. The summed E-state index contributed by atoms with van der Waals surface area (Å²) in [5.41, 5.74) is 3.86. The van der Waals surface area contributed by atoms with E-state index in [2.05, 4.69) is 40.8 Å². The molecule has 1 aromatic heterocycles. The molecule has 0 bridgehead atoms. The van der Waals surface area contributed by atoms with Gasteiger partial charge in [0.2, 0.25) is 0 Å². The van der Waals surface area contributed by atoms with Crippen LogP contribution in [0.2, 0.25) is 0 Å². The molecule has 0 aliphatic carbocycles. The number of hydrogen-bond acceptors (Lipinski definition) is 2. The van der Waals surface area contributed by atoms with E-state index in [-0.39, 0.29) is 5.75 Å². The van der Waals surface area contributed by atoms with E-state index in [4.69, 9.17) is 4.42 Å². The molecule has 1 N–H and O–H groups in total. The van der Waals surface area contributed by atoms with Crippen LogP contribution in [0.5, 0.6) is 5.75 Å². The van der Waals surface area contributed by atoms with Gasteiger partial charge < -0.3 is 9.52 Å². The number of benzene rings is 3. The number of aromatic hydroxyl groups is 1. The third-order valence-electron chi connectivity index (χ3n) is 3.66. The average Bonchev–Trinajstić information content (AvgIpc) is 2.91. The smallest absolute Gasteiger partial charge is 0.143 e. The Hall–Kier alpha value is -2.01. The van der Waals surface area contributed by atoms with Crippen molar-refractivity contribution in [3.63, 3.8) is 0 Å². The Morgan fingerprint density at radius 3 is 2.48 bits per heavy atom. The van der Waals surface area contributed by atoms with Crippen molar-refractivity contribution in [2.24, 2.45) is 0 Å². The summed E-state index contributed by atoms with van der Waals surface area (Å²) in [6.07, 6.45) is 0. The SMILES string of the molecule is Oc1ccc2oc3c(-c4ccccc4)cccc3c2c1I. The van der Waals surface area contributed by atoms with Gasteiger partial charge in [-0.2, -0.15) is 0 Å². The zero-order valence-electron chi connectivity index (χ0n) is 11.0. The minimum atomic E-state index is 0.288. The fraction of sp³-hybridized carbons (Fsp3) is 0. The molecular weight excluding hydrogens is 375 g/mol. The molecule has 0 radical (unpaired) electrons. The molecule has 0 unspecified atom stereocenters. The van der Waals surface area contributed by atoms with Gasteiger partial charge in [0.25, 0.3) is 0 Å². The lowest BCUT2D eigenvalue weighted by atomic mass is 10.0. The first-order valence-electron chi connectivity index (χ1n) is 6.64. The molecule has 21 heavy (non-hydrogen) atoms. The van der Waals surface area contributed by atoms with Crippen molar-refractivity contribution in [2.45, 2.75) is 0 Å². The van der Waals surface area contributed by atoms with Gasteiger partial charge in [0.05, 0.1) is 3.57 Å². The van der Waals surface area contributed by atoms with Gasteiger partial charge in [-0.15, -0.1) is 0 Å².